The molecule has 0 aromatic heterocycles. The number of rotatable bonds is 5. The van der Waals surface area contributed by atoms with Crippen molar-refractivity contribution >= 4 is 46.5 Å². The number of nitrogens with one attached hydrogen (secondary N) is 1. The SMILES string of the molecule is CN(C)c1cccc(C(=O)OCC(=O)Nc2c(Cl)cccc2Cl)c1. The highest BCUT2D eigenvalue weighted by Gasteiger charge is 2.13. The fourth-order valence-corrected chi connectivity index (χ4v) is 2.41. The van der Waals surface area contributed by atoms with E-state index in [1.807, 2.05) is 25.1 Å². The maximum Gasteiger partial charge on any atom is 0.338 e. The van der Waals surface area contributed by atoms with Crippen LogP contribution in [0.25, 0.3) is 0 Å². The van der Waals surface area contributed by atoms with Gasteiger partial charge in [-0.05, 0) is 30.3 Å². The van der Waals surface area contributed by atoms with Gasteiger partial charge in [0.05, 0.1) is 21.3 Å². The van der Waals surface area contributed by atoms with Crippen LogP contribution in [-0.4, -0.2) is 32.6 Å². The van der Waals surface area contributed by atoms with E-state index >= 15 is 0 Å². The molecule has 0 bridgehead atoms. The summed E-state index contributed by atoms with van der Waals surface area (Å²) in [5.74, 6) is -1.11. The van der Waals surface area contributed by atoms with Crippen molar-refractivity contribution in [1.82, 2.24) is 0 Å². The van der Waals surface area contributed by atoms with Crippen LogP contribution in [-0.2, 0) is 9.53 Å². The first-order valence-corrected chi connectivity index (χ1v) is 7.82. The van der Waals surface area contributed by atoms with Crippen molar-refractivity contribution in [2.75, 3.05) is 30.9 Å². The van der Waals surface area contributed by atoms with E-state index < -0.39 is 18.5 Å². The highest BCUT2D eigenvalue weighted by Crippen LogP contribution is 2.29. The van der Waals surface area contributed by atoms with Crippen LogP contribution in [0.4, 0.5) is 11.4 Å². The minimum absolute atomic E-state index is 0.288. The lowest BCUT2D eigenvalue weighted by Crippen LogP contribution is -2.21. The van der Waals surface area contributed by atoms with E-state index in [9.17, 15) is 9.59 Å². The Hall–Kier alpha value is -2.24. The minimum Gasteiger partial charge on any atom is -0.452 e. The first-order chi connectivity index (χ1) is 11.4. The molecule has 0 heterocycles. The Morgan fingerprint density at radius 2 is 1.71 bits per heavy atom. The molecule has 2 aromatic carbocycles. The van der Waals surface area contributed by atoms with Gasteiger partial charge in [0.15, 0.2) is 6.61 Å². The number of esters is 1. The number of nitrogens with zero attached hydrogens (tertiary/aromatic N) is 1. The number of carbonyl (C=O) groups is 2. The molecule has 0 saturated carbocycles. The Labute approximate surface area is 150 Å². The van der Waals surface area contributed by atoms with E-state index in [-0.39, 0.29) is 5.69 Å². The summed E-state index contributed by atoms with van der Waals surface area (Å²) in [6.45, 7) is -0.438. The van der Waals surface area contributed by atoms with E-state index in [0.717, 1.165) is 5.69 Å². The zero-order valence-electron chi connectivity index (χ0n) is 13.2. The van der Waals surface area contributed by atoms with Crippen LogP contribution >= 0.6 is 23.2 Å². The number of carbonyl (C=O) groups excluding carboxylic acids is 2. The highest BCUT2D eigenvalue weighted by molar-refractivity contribution is 6.39. The largest absolute Gasteiger partial charge is 0.452 e. The lowest BCUT2D eigenvalue weighted by atomic mass is 10.2. The van der Waals surface area contributed by atoms with Crippen molar-refractivity contribution in [3.05, 3.63) is 58.1 Å². The monoisotopic (exact) mass is 366 g/mol. The second kappa shape index (κ2) is 8.04. The molecule has 0 aliphatic heterocycles. The Kier molecular flexibility index (Phi) is 6.06. The molecule has 0 saturated heterocycles. The third kappa shape index (κ3) is 4.63. The first-order valence-electron chi connectivity index (χ1n) is 7.07. The summed E-state index contributed by atoms with van der Waals surface area (Å²) < 4.78 is 5.02. The first kappa shape index (κ1) is 18.1. The molecule has 0 unspecified atom stereocenters. The van der Waals surface area contributed by atoms with Crippen LogP contribution in [0.3, 0.4) is 0 Å². The average molecular weight is 367 g/mol. The lowest BCUT2D eigenvalue weighted by Gasteiger charge is -2.13. The maximum absolute atomic E-state index is 12.0. The van der Waals surface area contributed by atoms with Gasteiger partial charge < -0.3 is 15.0 Å². The number of benzene rings is 2. The van der Waals surface area contributed by atoms with Crippen molar-refractivity contribution in [2.24, 2.45) is 0 Å². The molecule has 2 rings (SSSR count). The van der Waals surface area contributed by atoms with E-state index in [1.54, 1.807) is 36.4 Å². The highest BCUT2D eigenvalue weighted by atomic mass is 35.5. The molecule has 24 heavy (non-hydrogen) atoms. The summed E-state index contributed by atoms with van der Waals surface area (Å²) in [4.78, 5) is 25.8. The number of hydrogen-bond donors (Lipinski definition) is 1. The van der Waals surface area contributed by atoms with Gasteiger partial charge in [0.25, 0.3) is 5.91 Å². The molecule has 7 heteroatoms. The van der Waals surface area contributed by atoms with E-state index in [2.05, 4.69) is 5.32 Å². The summed E-state index contributed by atoms with van der Waals surface area (Å²) in [6, 6.07) is 11.8. The van der Waals surface area contributed by atoms with Gasteiger partial charge in [-0.1, -0.05) is 35.3 Å². The molecule has 1 amide bonds. The number of hydrogen-bond acceptors (Lipinski definition) is 4. The molecule has 0 atom stereocenters. The van der Waals surface area contributed by atoms with Crippen LogP contribution in [0.1, 0.15) is 10.4 Å². The molecule has 0 radical (unpaired) electrons. The molecule has 2 aromatic rings. The van der Waals surface area contributed by atoms with E-state index in [4.69, 9.17) is 27.9 Å². The van der Waals surface area contributed by atoms with Crippen molar-refractivity contribution < 1.29 is 14.3 Å². The molecule has 0 aliphatic carbocycles. The smallest absolute Gasteiger partial charge is 0.338 e. The number of ether oxygens (including phenoxy) is 1. The standard InChI is InChI=1S/C17H16Cl2N2O3/c1-21(2)12-6-3-5-11(9-12)17(23)24-10-15(22)20-16-13(18)7-4-8-14(16)19/h3-9H,10H2,1-2H3,(H,20,22). The zero-order chi connectivity index (χ0) is 17.7. The van der Waals surface area contributed by atoms with Crippen molar-refractivity contribution in [2.45, 2.75) is 0 Å². The number of para-hydroxylation sites is 1. The zero-order valence-corrected chi connectivity index (χ0v) is 14.7. The third-order valence-electron chi connectivity index (χ3n) is 3.16. The molecule has 1 N–H and O–H groups in total. The van der Waals surface area contributed by atoms with Crippen molar-refractivity contribution in [3.63, 3.8) is 0 Å². The Morgan fingerprint density at radius 3 is 2.33 bits per heavy atom. The van der Waals surface area contributed by atoms with Gasteiger partial charge in [-0.2, -0.15) is 0 Å². The fourth-order valence-electron chi connectivity index (χ4n) is 1.92. The van der Waals surface area contributed by atoms with Gasteiger partial charge in [-0.25, -0.2) is 4.79 Å². The third-order valence-corrected chi connectivity index (χ3v) is 3.79. The normalized spacial score (nSPS) is 10.2. The van der Waals surface area contributed by atoms with Crippen molar-refractivity contribution in [3.8, 4) is 0 Å². The van der Waals surface area contributed by atoms with Gasteiger partial charge in [-0.3, -0.25) is 4.79 Å². The molecular weight excluding hydrogens is 351 g/mol. The molecule has 0 aliphatic rings. The number of anilines is 2. The molecular formula is C17H16Cl2N2O3. The Balaban J connectivity index is 1.96. The Morgan fingerprint density at radius 1 is 1.08 bits per heavy atom. The fraction of sp³-hybridized carbons (Fsp3) is 0.176. The summed E-state index contributed by atoms with van der Waals surface area (Å²) in [7, 11) is 3.73. The predicted molar refractivity (Wildman–Crippen MR) is 96.1 cm³/mol. The number of halogens is 2. The molecule has 5 nitrogen and oxygen atoms in total. The van der Waals surface area contributed by atoms with Gasteiger partial charge in [0.1, 0.15) is 0 Å². The summed E-state index contributed by atoms with van der Waals surface area (Å²) in [6.07, 6.45) is 0. The van der Waals surface area contributed by atoms with Crippen LogP contribution in [0.2, 0.25) is 10.0 Å². The van der Waals surface area contributed by atoms with E-state index in [1.165, 1.54) is 0 Å². The van der Waals surface area contributed by atoms with Crippen LogP contribution in [0.15, 0.2) is 42.5 Å². The second-order valence-electron chi connectivity index (χ2n) is 5.17. The quantitative estimate of drug-likeness (QED) is 0.816. The number of amides is 1. The molecule has 0 spiro atoms. The topological polar surface area (TPSA) is 58.6 Å². The Bertz CT molecular complexity index is 743. The molecule has 0 fully saturated rings. The van der Waals surface area contributed by atoms with Gasteiger partial charge >= 0.3 is 5.97 Å². The summed E-state index contributed by atoms with van der Waals surface area (Å²) in [5.41, 5.74) is 1.51. The van der Waals surface area contributed by atoms with Crippen molar-refractivity contribution in [1.29, 1.82) is 0 Å². The second-order valence-corrected chi connectivity index (χ2v) is 5.98. The summed E-state index contributed by atoms with van der Waals surface area (Å²) >= 11 is 11.9. The van der Waals surface area contributed by atoms with Gasteiger partial charge in [0, 0.05) is 19.8 Å². The minimum atomic E-state index is -0.584. The van der Waals surface area contributed by atoms with Gasteiger partial charge in [-0.15, -0.1) is 0 Å². The van der Waals surface area contributed by atoms with Crippen LogP contribution in [0, 0.1) is 0 Å². The molecule has 126 valence electrons. The van der Waals surface area contributed by atoms with Gasteiger partial charge in [0.2, 0.25) is 0 Å². The predicted octanol–water partition coefficient (Wildman–Crippen LogP) is 3.85. The lowest BCUT2D eigenvalue weighted by molar-refractivity contribution is -0.119. The average Bonchev–Trinajstić information content (AvgIpc) is 2.56. The summed E-state index contributed by atoms with van der Waals surface area (Å²) in [5, 5.41) is 3.14. The van der Waals surface area contributed by atoms with Crippen LogP contribution in [0.5, 0.6) is 0 Å². The van der Waals surface area contributed by atoms with E-state index in [0.29, 0.717) is 15.6 Å². The maximum atomic E-state index is 12.0. The van der Waals surface area contributed by atoms with Crippen LogP contribution < -0.4 is 10.2 Å².